The van der Waals surface area contributed by atoms with Gasteiger partial charge in [-0.1, -0.05) is 6.07 Å². The van der Waals surface area contributed by atoms with Crippen LogP contribution in [0.25, 0.3) is 0 Å². The monoisotopic (exact) mass is 450 g/mol. The van der Waals surface area contributed by atoms with Crippen LogP contribution in [0.4, 0.5) is 16.2 Å². The van der Waals surface area contributed by atoms with Crippen LogP contribution in [0.15, 0.2) is 42.5 Å². The van der Waals surface area contributed by atoms with Gasteiger partial charge in [0.15, 0.2) is 11.5 Å². The first-order chi connectivity index (χ1) is 15.8. The molecule has 0 saturated carbocycles. The molecular weight excluding hydrogens is 428 g/mol. The van der Waals surface area contributed by atoms with Gasteiger partial charge in [0, 0.05) is 24.3 Å². The fraction of sp³-hybridized carbons (Fsp3) is 0.304. The van der Waals surface area contributed by atoms with E-state index in [0.717, 1.165) is 17.0 Å². The number of nitrogens with zero attached hydrogens (tertiary/aromatic N) is 2. The number of nitrogens with one attached hydrogen (secondary N) is 2. The molecule has 3 aliphatic rings. The second kappa shape index (κ2) is 7.80. The van der Waals surface area contributed by atoms with Gasteiger partial charge in [-0.25, -0.2) is 4.79 Å². The Bertz CT molecular complexity index is 1160. The maximum absolute atomic E-state index is 13.1. The zero-order chi connectivity index (χ0) is 23.2. The van der Waals surface area contributed by atoms with Gasteiger partial charge in [-0.15, -0.1) is 0 Å². The molecule has 2 fully saturated rings. The molecule has 2 saturated heterocycles. The minimum Gasteiger partial charge on any atom is -0.454 e. The van der Waals surface area contributed by atoms with Crippen LogP contribution in [-0.4, -0.2) is 48.5 Å². The first kappa shape index (κ1) is 20.8. The maximum Gasteiger partial charge on any atom is 0.325 e. The molecule has 2 aromatic carbocycles. The zero-order valence-electron chi connectivity index (χ0n) is 17.9. The molecule has 2 aromatic rings. The normalized spacial score (nSPS) is 21.5. The molecule has 170 valence electrons. The highest BCUT2D eigenvalue weighted by Crippen LogP contribution is 2.37. The third-order valence-corrected chi connectivity index (χ3v) is 6.06. The lowest BCUT2D eigenvalue weighted by Crippen LogP contribution is -2.42. The van der Waals surface area contributed by atoms with E-state index in [4.69, 9.17) is 9.47 Å². The molecule has 0 bridgehead atoms. The summed E-state index contributed by atoms with van der Waals surface area (Å²) in [5.74, 6) is 0.0835. The number of imide groups is 1. The lowest BCUT2D eigenvalue weighted by atomic mass is 9.91. The van der Waals surface area contributed by atoms with Gasteiger partial charge < -0.3 is 25.0 Å². The second-order valence-corrected chi connectivity index (χ2v) is 8.26. The van der Waals surface area contributed by atoms with Gasteiger partial charge in [-0.2, -0.15) is 0 Å². The number of carbonyl (C=O) groups excluding carboxylic acids is 4. The van der Waals surface area contributed by atoms with Crippen molar-refractivity contribution >= 4 is 35.1 Å². The van der Waals surface area contributed by atoms with Crippen LogP contribution in [-0.2, 0) is 19.9 Å². The summed E-state index contributed by atoms with van der Waals surface area (Å²) < 4.78 is 10.7. The molecule has 0 unspecified atom stereocenters. The molecule has 33 heavy (non-hydrogen) atoms. The van der Waals surface area contributed by atoms with Gasteiger partial charge >= 0.3 is 6.03 Å². The van der Waals surface area contributed by atoms with E-state index in [1.54, 1.807) is 54.3 Å². The maximum atomic E-state index is 13.1. The number of carbonyl (C=O) groups is 4. The number of amides is 5. The fourth-order valence-corrected chi connectivity index (χ4v) is 4.23. The number of urea groups is 1. The summed E-state index contributed by atoms with van der Waals surface area (Å²) in [6.45, 7) is 1.93. The van der Waals surface area contributed by atoms with Crippen molar-refractivity contribution in [1.82, 2.24) is 10.2 Å². The van der Waals surface area contributed by atoms with E-state index in [9.17, 15) is 19.2 Å². The van der Waals surface area contributed by atoms with E-state index in [1.165, 1.54) is 0 Å². The molecule has 3 aliphatic heterocycles. The molecule has 1 atom stereocenters. The third-order valence-electron chi connectivity index (χ3n) is 6.06. The number of benzene rings is 2. The molecule has 0 aromatic heterocycles. The Kier molecular flexibility index (Phi) is 4.92. The number of fused-ring (bicyclic) bond motifs is 1. The molecule has 0 aliphatic carbocycles. The third kappa shape index (κ3) is 3.63. The van der Waals surface area contributed by atoms with Crippen molar-refractivity contribution in [2.45, 2.75) is 25.3 Å². The van der Waals surface area contributed by atoms with Crippen LogP contribution >= 0.6 is 0 Å². The molecular formula is C23H22N4O6. The van der Waals surface area contributed by atoms with Crippen molar-refractivity contribution in [3.8, 4) is 11.5 Å². The molecule has 5 amide bonds. The van der Waals surface area contributed by atoms with Crippen molar-refractivity contribution in [3.05, 3.63) is 48.0 Å². The Hall–Kier alpha value is -4.08. The summed E-state index contributed by atoms with van der Waals surface area (Å²) in [5.41, 5.74) is 0.465. The average Bonchev–Trinajstić information content (AvgIpc) is 3.49. The predicted octanol–water partition coefficient (Wildman–Crippen LogP) is 1.95. The molecule has 0 spiro atoms. The Morgan fingerprint density at radius 1 is 1.09 bits per heavy atom. The number of hydrogen-bond acceptors (Lipinski definition) is 6. The molecule has 2 N–H and O–H groups in total. The standard InChI is InChI=1S/C23H22N4O6/c1-23(14-4-9-17-18(11-14)33-13-32-17)21(30)27(22(31)25-23)12-19(28)24-15-5-7-16(8-6-15)26-10-2-3-20(26)29/h4-9,11H,2-3,10,12-13H2,1H3,(H,24,28)(H,25,31)/t23-/m0/s1. The van der Waals surface area contributed by atoms with Crippen molar-refractivity contribution in [2.24, 2.45) is 0 Å². The lowest BCUT2D eigenvalue weighted by molar-refractivity contribution is -0.133. The Morgan fingerprint density at radius 3 is 2.58 bits per heavy atom. The molecule has 10 nitrogen and oxygen atoms in total. The summed E-state index contributed by atoms with van der Waals surface area (Å²) in [5, 5.41) is 5.36. The van der Waals surface area contributed by atoms with Crippen molar-refractivity contribution in [2.75, 3.05) is 30.1 Å². The Labute approximate surface area is 189 Å². The van der Waals surface area contributed by atoms with Crippen LogP contribution in [0.3, 0.4) is 0 Å². The Balaban J connectivity index is 1.25. The predicted molar refractivity (Wildman–Crippen MR) is 117 cm³/mol. The van der Waals surface area contributed by atoms with Crippen LogP contribution < -0.4 is 25.0 Å². The summed E-state index contributed by atoms with van der Waals surface area (Å²) >= 11 is 0. The van der Waals surface area contributed by atoms with Gasteiger partial charge in [-0.05, 0) is 55.3 Å². The minimum atomic E-state index is -1.33. The highest BCUT2D eigenvalue weighted by atomic mass is 16.7. The summed E-state index contributed by atoms with van der Waals surface area (Å²) in [6.07, 6.45) is 1.37. The van der Waals surface area contributed by atoms with Crippen LogP contribution in [0.1, 0.15) is 25.3 Å². The van der Waals surface area contributed by atoms with E-state index in [-0.39, 0.29) is 12.7 Å². The zero-order valence-corrected chi connectivity index (χ0v) is 17.9. The number of ether oxygens (including phenoxy) is 2. The number of rotatable bonds is 5. The lowest BCUT2D eigenvalue weighted by Gasteiger charge is -2.22. The molecule has 10 heteroatoms. The molecule has 0 radical (unpaired) electrons. The van der Waals surface area contributed by atoms with Crippen molar-refractivity contribution in [1.29, 1.82) is 0 Å². The first-order valence-electron chi connectivity index (χ1n) is 10.6. The average molecular weight is 450 g/mol. The number of anilines is 2. The van der Waals surface area contributed by atoms with Gasteiger partial charge in [-0.3, -0.25) is 19.3 Å². The van der Waals surface area contributed by atoms with E-state index >= 15 is 0 Å². The first-order valence-corrected chi connectivity index (χ1v) is 10.6. The fourth-order valence-electron chi connectivity index (χ4n) is 4.23. The smallest absolute Gasteiger partial charge is 0.325 e. The highest BCUT2D eigenvalue weighted by molar-refractivity contribution is 6.10. The van der Waals surface area contributed by atoms with Crippen LogP contribution in [0.2, 0.25) is 0 Å². The number of hydrogen-bond donors (Lipinski definition) is 2. The Morgan fingerprint density at radius 2 is 1.85 bits per heavy atom. The summed E-state index contributed by atoms with van der Waals surface area (Å²) in [6, 6.07) is 11.2. The van der Waals surface area contributed by atoms with Crippen LogP contribution in [0.5, 0.6) is 11.5 Å². The van der Waals surface area contributed by atoms with E-state index in [1.807, 2.05) is 0 Å². The van der Waals surface area contributed by atoms with Crippen LogP contribution in [0, 0.1) is 0 Å². The van der Waals surface area contributed by atoms with Gasteiger partial charge in [0.05, 0.1) is 0 Å². The van der Waals surface area contributed by atoms with Crippen molar-refractivity contribution in [3.63, 3.8) is 0 Å². The van der Waals surface area contributed by atoms with Gasteiger partial charge in [0.1, 0.15) is 12.1 Å². The second-order valence-electron chi connectivity index (χ2n) is 8.26. The minimum absolute atomic E-state index is 0.0795. The van der Waals surface area contributed by atoms with Gasteiger partial charge in [0.25, 0.3) is 5.91 Å². The van der Waals surface area contributed by atoms with Crippen molar-refractivity contribution < 1.29 is 28.7 Å². The summed E-state index contributed by atoms with van der Waals surface area (Å²) in [7, 11) is 0. The summed E-state index contributed by atoms with van der Waals surface area (Å²) in [4.78, 5) is 52.7. The van der Waals surface area contributed by atoms with Gasteiger partial charge in [0.2, 0.25) is 18.6 Å². The SMILES string of the molecule is C[C@@]1(c2ccc3c(c2)OCO3)NC(=O)N(CC(=O)Nc2ccc(N3CCCC3=O)cc2)C1=O. The quantitative estimate of drug-likeness (QED) is 0.673. The molecule has 3 heterocycles. The largest absolute Gasteiger partial charge is 0.454 e. The van der Waals surface area contributed by atoms with E-state index in [0.29, 0.717) is 35.7 Å². The topological polar surface area (TPSA) is 117 Å². The van der Waals surface area contributed by atoms with E-state index in [2.05, 4.69) is 10.6 Å². The molecule has 5 rings (SSSR count). The van der Waals surface area contributed by atoms with E-state index < -0.39 is 29.9 Å². The highest BCUT2D eigenvalue weighted by Gasteiger charge is 2.49.